The van der Waals surface area contributed by atoms with Crippen LogP contribution >= 0.6 is 12.6 Å². The lowest BCUT2D eigenvalue weighted by molar-refractivity contribution is -0.143. The summed E-state index contributed by atoms with van der Waals surface area (Å²) in [4.78, 5) is 60.2. The molecule has 0 aromatic heterocycles. The summed E-state index contributed by atoms with van der Waals surface area (Å²) in [6, 6.07) is -4.23. The zero-order valence-corrected chi connectivity index (χ0v) is 20.0. The average Bonchev–Trinajstić information content (AvgIpc) is 2.70. The van der Waals surface area contributed by atoms with Crippen molar-refractivity contribution in [2.24, 2.45) is 23.3 Å². The van der Waals surface area contributed by atoms with E-state index >= 15 is 0 Å². The van der Waals surface area contributed by atoms with Crippen molar-refractivity contribution in [2.45, 2.75) is 77.5 Å². The monoisotopic (exact) mass is 475 g/mol. The number of thiol groups is 1. The Bertz CT molecular complexity index is 675. The minimum atomic E-state index is -1.34. The van der Waals surface area contributed by atoms with Gasteiger partial charge in [0.25, 0.3) is 0 Å². The van der Waals surface area contributed by atoms with E-state index in [9.17, 15) is 29.1 Å². The van der Waals surface area contributed by atoms with E-state index in [1.54, 1.807) is 6.92 Å². The predicted molar refractivity (Wildman–Crippen MR) is 123 cm³/mol. The third kappa shape index (κ3) is 10.8. The Labute approximate surface area is 194 Å². The molecule has 0 saturated carbocycles. The van der Waals surface area contributed by atoms with E-state index in [1.807, 2.05) is 20.8 Å². The van der Waals surface area contributed by atoms with Gasteiger partial charge in [-0.3, -0.25) is 19.2 Å². The van der Waals surface area contributed by atoms with E-state index in [0.29, 0.717) is 12.8 Å². The van der Waals surface area contributed by atoms with Crippen molar-refractivity contribution < 1.29 is 29.1 Å². The number of nitrogens with one attached hydrogen (secondary N) is 3. The summed E-state index contributed by atoms with van der Waals surface area (Å²) >= 11 is 4.11. The number of carboxylic acid groups (broad SMARTS) is 1. The average molecular weight is 476 g/mol. The topological polar surface area (TPSA) is 194 Å². The normalized spacial score (nSPS) is 15.7. The Hall–Kier alpha value is -2.34. The maximum Gasteiger partial charge on any atom is 0.326 e. The Morgan fingerprint density at radius 3 is 1.94 bits per heavy atom. The SMILES string of the molecule is CCC(C)C(NC(=O)C(CS)NC(=O)C(N)CC(C)C)C(=O)NC(CCC(N)=O)C(=O)O. The highest BCUT2D eigenvalue weighted by atomic mass is 32.1. The molecule has 4 amide bonds. The number of primary amides is 1. The first-order chi connectivity index (χ1) is 14.8. The summed E-state index contributed by atoms with van der Waals surface area (Å²) in [6.07, 6.45) is 0.545. The van der Waals surface area contributed by atoms with Gasteiger partial charge in [0.2, 0.25) is 23.6 Å². The van der Waals surface area contributed by atoms with Gasteiger partial charge >= 0.3 is 5.97 Å². The van der Waals surface area contributed by atoms with Gasteiger partial charge in [0.15, 0.2) is 0 Å². The smallest absolute Gasteiger partial charge is 0.326 e. The van der Waals surface area contributed by atoms with Gasteiger partial charge in [0.05, 0.1) is 6.04 Å². The number of hydrogen-bond acceptors (Lipinski definition) is 7. The molecule has 0 rings (SSSR count). The van der Waals surface area contributed by atoms with E-state index < -0.39 is 53.8 Å². The fraction of sp³-hybridized carbons (Fsp3) is 0.750. The molecule has 0 radical (unpaired) electrons. The summed E-state index contributed by atoms with van der Waals surface area (Å²) in [5.74, 6) is -4.07. The van der Waals surface area contributed by atoms with Crippen LogP contribution in [0.15, 0.2) is 0 Å². The van der Waals surface area contributed by atoms with Crippen molar-refractivity contribution in [3.8, 4) is 0 Å². The highest BCUT2D eigenvalue weighted by Gasteiger charge is 2.32. The minimum Gasteiger partial charge on any atom is -0.480 e. The summed E-state index contributed by atoms with van der Waals surface area (Å²) in [5, 5.41) is 16.8. The molecule has 0 aliphatic heterocycles. The highest BCUT2D eigenvalue weighted by molar-refractivity contribution is 7.80. The van der Waals surface area contributed by atoms with E-state index in [2.05, 4.69) is 28.6 Å². The van der Waals surface area contributed by atoms with Crippen molar-refractivity contribution in [3.05, 3.63) is 0 Å². The molecule has 0 bridgehead atoms. The second kappa shape index (κ2) is 14.7. The van der Waals surface area contributed by atoms with Gasteiger partial charge in [0, 0.05) is 12.2 Å². The maximum atomic E-state index is 12.8. The summed E-state index contributed by atoms with van der Waals surface area (Å²) in [6.45, 7) is 7.36. The molecule has 0 aliphatic carbocycles. The van der Waals surface area contributed by atoms with Crippen molar-refractivity contribution in [1.29, 1.82) is 0 Å². The molecule has 184 valence electrons. The van der Waals surface area contributed by atoms with E-state index in [1.165, 1.54) is 0 Å². The number of nitrogens with two attached hydrogens (primary N) is 2. The zero-order valence-electron chi connectivity index (χ0n) is 19.1. The molecule has 11 nitrogen and oxygen atoms in total. The van der Waals surface area contributed by atoms with Gasteiger partial charge in [-0.2, -0.15) is 12.6 Å². The van der Waals surface area contributed by atoms with Crippen LogP contribution in [0.1, 0.15) is 53.4 Å². The molecule has 0 aromatic carbocycles. The van der Waals surface area contributed by atoms with Crippen LogP contribution in [0, 0.1) is 11.8 Å². The molecule has 12 heteroatoms. The largest absolute Gasteiger partial charge is 0.480 e. The van der Waals surface area contributed by atoms with Crippen LogP contribution < -0.4 is 27.4 Å². The first kappa shape index (κ1) is 29.7. The van der Waals surface area contributed by atoms with Crippen LogP contribution in [0.5, 0.6) is 0 Å². The molecule has 0 aliphatic rings. The van der Waals surface area contributed by atoms with Crippen molar-refractivity contribution >= 4 is 42.2 Å². The summed E-state index contributed by atoms with van der Waals surface area (Å²) < 4.78 is 0. The van der Waals surface area contributed by atoms with Crippen LogP contribution in [0.4, 0.5) is 0 Å². The van der Waals surface area contributed by atoms with Crippen LogP contribution in [0.25, 0.3) is 0 Å². The molecule has 0 aromatic rings. The zero-order chi connectivity index (χ0) is 25.0. The van der Waals surface area contributed by atoms with Gasteiger partial charge in [-0.05, 0) is 24.7 Å². The molecule has 0 saturated heterocycles. The lowest BCUT2D eigenvalue weighted by atomic mass is 9.97. The number of carboxylic acids is 1. The highest BCUT2D eigenvalue weighted by Crippen LogP contribution is 2.10. The molecule has 0 fully saturated rings. The molecule has 0 spiro atoms. The summed E-state index contributed by atoms with van der Waals surface area (Å²) in [7, 11) is 0. The molecule has 5 unspecified atom stereocenters. The fourth-order valence-corrected chi connectivity index (χ4v) is 3.11. The molecule has 8 N–H and O–H groups in total. The molecule has 5 atom stereocenters. The number of hydrogen-bond donors (Lipinski definition) is 7. The van der Waals surface area contributed by atoms with Crippen molar-refractivity contribution in [2.75, 3.05) is 5.75 Å². The van der Waals surface area contributed by atoms with Crippen molar-refractivity contribution in [3.63, 3.8) is 0 Å². The summed E-state index contributed by atoms with van der Waals surface area (Å²) in [5.41, 5.74) is 10.9. The minimum absolute atomic E-state index is 0.0306. The first-order valence-corrected chi connectivity index (χ1v) is 11.3. The number of carbonyl (C=O) groups is 5. The van der Waals surface area contributed by atoms with Gasteiger partial charge in [-0.15, -0.1) is 0 Å². The Balaban J connectivity index is 5.31. The van der Waals surface area contributed by atoms with Crippen LogP contribution in [0.3, 0.4) is 0 Å². The second-order valence-electron chi connectivity index (χ2n) is 8.26. The predicted octanol–water partition coefficient (Wildman–Crippen LogP) is -0.860. The van der Waals surface area contributed by atoms with Crippen LogP contribution in [0.2, 0.25) is 0 Å². The Morgan fingerprint density at radius 2 is 1.50 bits per heavy atom. The third-order valence-electron chi connectivity index (χ3n) is 4.96. The quantitative estimate of drug-likeness (QED) is 0.150. The Morgan fingerprint density at radius 1 is 0.938 bits per heavy atom. The Kier molecular flexibility index (Phi) is 13.6. The molecular formula is C20H37N5O6S. The molecule has 0 heterocycles. The number of carbonyl (C=O) groups excluding carboxylic acids is 4. The van der Waals surface area contributed by atoms with E-state index in [0.717, 1.165) is 0 Å². The second-order valence-corrected chi connectivity index (χ2v) is 8.62. The van der Waals surface area contributed by atoms with Crippen molar-refractivity contribution in [1.82, 2.24) is 16.0 Å². The lowest BCUT2D eigenvalue weighted by Gasteiger charge is -2.27. The fourth-order valence-electron chi connectivity index (χ4n) is 2.85. The molecular weight excluding hydrogens is 438 g/mol. The lowest BCUT2D eigenvalue weighted by Crippen LogP contribution is -2.59. The van der Waals surface area contributed by atoms with Gasteiger partial charge in [-0.25, -0.2) is 4.79 Å². The molecule has 32 heavy (non-hydrogen) atoms. The van der Waals surface area contributed by atoms with Gasteiger partial charge < -0.3 is 32.5 Å². The standard InChI is InChI=1S/C20H37N5O6S/c1-5-11(4)16(19(29)23-13(20(30)31)6-7-15(22)26)25-18(28)14(9-32)24-17(27)12(21)8-10(2)3/h10-14,16,32H,5-9,21H2,1-4H3,(H2,22,26)(H,23,29)(H,24,27)(H,25,28)(H,30,31). The third-order valence-corrected chi connectivity index (χ3v) is 5.33. The number of amides is 4. The van der Waals surface area contributed by atoms with Crippen LogP contribution in [-0.2, 0) is 24.0 Å². The van der Waals surface area contributed by atoms with Gasteiger partial charge in [-0.1, -0.05) is 34.1 Å². The van der Waals surface area contributed by atoms with Gasteiger partial charge in [0.1, 0.15) is 18.1 Å². The van der Waals surface area contributed by atoms with E-state index in [-0.39, 0.29) is 30.4 Å². The first-order valence-electron chi connectivity index (χ1n) is 10.6. The maximum absolute atomic E-state index is 12.8. The van der Waals surface area contributed by atoms with Crippen LogP contribution in [-0.4, -0.2) is 64.6 Å². The van der Waals surface area contributed by atoms with E-state index in [4.69, 9.17) is 11.5 Å². The number of aliphatic carboxylic acids is 1. The number of rotatable bonds is 15.